The number of nitrogens with zero attached hydrogens (tertiary/aromatic N) is 4. The number of piperazine rings is 1. The molecular weight excluding hydrogens is 344 g/mol. The molecule has 0 N–H and O–H groups in total. The third-order valence-electron chi connectivity index (χ3n) is 4.92. The molecule has 0 bridgehead atoms. The number of para-hydroxylation sites is 1. The number of carbonyl (C=O) groups excluding carboxylic acids is 2. The Hall–Kier alpha value is -2.67. The first-order valence-corrected chi connectivity index (χ1v) is 9.11. The molecule has 0 radical (unpaired) electrons. The number of aromatic nitrogens is 2. The highest BCUT2D eigenvalue weighted by Gasteiger charge is 2.36. The smallest absolute Gasteiger partial charge is 0.245 e. The van der Waals surface area contributed by atoms with E-state index < -0.39 is 6.04 Å². The van der Waals surface area contributed by atoms with Gasteiger partial charge in [0.05, 0.1) is 24.5 Å². The fourth-order valence-electron chi connectivity index (χ4n) is 3.47. The summed E-state index contributed by atoms with van der Waals surface area (Å²) in [6, 6.07) is 9.37. The summed E-state index contributed by atoms with van der Waals surface area (Å²) < 4.78 is 6.92. The zero-order chi connectivity index (χ0) is 19.6. The topological polar surface area (TPSA) is 67.7 Å². The highest BCUT2D eigenvalue weighted by molar-refractivity contribution is 5.94. The normalized spacial score (nSPS) is 17.7. The maximum Gasteiger partial charge on any atom is 0.245 e. The number of benzene rings is 1. The van der Waals surface area contributed by atoms with E-state index in [1.807, 2.05) is 48.9 Å². The van der Waals surface area contributed by atoms with Crippen molar-refractivity contribution in [1.29, 1.82) is 0 Å². The lowest BCUT2D eigenvalue weighted by Crippen LogP contribution is -2.58. The van der Waals surface area contributed by atoms with Gasteiger partial charge in [0, 0.05) is 25.9 Å². The van der Waals surface area contributed by atoms with Crippen molar-refractivity contribution in [2.24, 2.45) is 0 Å². The summed E-state index contributed by atoms with van der Waals surface area (Å²) in [6.07, 6.45) is 0. The minimum atomic E-state index is -0.503. The van der Waals surface area contributed by atoms with Gasteiger partial charge in [0.1, 0.15) is 6.04 Å². The van der Waals surface area contributed by atoms with Gasteiger partial charge < -0.3 is 14.5 Å². The van der Waals surface area contributed by atoms with E-state index >= 15 is 0 Å². The van der Waals surface area contributed by atoms with Crippen molar-refractivity contribution in [3.63, 3.8) is 0 Å². The Morgan fingerprint density at radius 3 is 2.63 bits per heavy atom. The first-order valence-electron chi connectivity index (χ1n) is 9.11. The Labute approximate surface area is 159 Å². The molecule has 0 unspecified atom stereocenters. The maximum absolute atomic E-state index is 12.7. The van der Waals surface area contributed by atoms with E-state index in [1.54, 1.807) is 23.8 Å². The van der Waals surface area contributed by atoms with Crippen LogP contribution in [-0.4, -0.2) is 64.2 Å². The Kier molecular flexibility index (Phi) is 5.60. The second-order valence-electron chi connectivity index (χ2n) is 6.92. The highest BCUT2D eigenvalue weighted by Crippen LogP contribution is 2.22. The third kappa shape index (κ3) is 3.88. The van der Waals surface area contributed by atoms with E-state index in [0.717, 1.165) is 22.6 Å². The number of hydrogen-bond donors (Lipinski definition) is 0. The summed E-state index contributed by atoms with van der Waals surface area (Å²) in [5, 5.41) is 4.56. The fraction of sp³-hybridized carbons (Fsp3) is 0.450. The SMILES string of the molecule is COCCN1CC(=O)N(Cc2ccccc2-n2nc(C)cc2C)[C@@H](C)C1=O. The molecule has 3 rings (SSSR count). The number of carbonyl (C=O) groups is 2. The van der Waals surface area contributed by atoms with Crippen LogP contribution in [0.2, 0.25) is 0 Å². The standard InChI is InChI=1S/C20H26N4O3/c1-14-11-15(2)24(21-14)18-8-6-5-7-17(18)12-23-16(3)20(26)22(9-10-27-4)13-19(23)25/h5-8,11,16H,9-10,12-13H2,1-4H3/t16-/m0/s1. The highest BCUT2D eigenvalue weighted by atomic mass is 16.5. The second kappa shape index (κ2) is 7.92. The molecule has 1 aliphatic heterocycles. The van der Waals surface area contributed by atoms with E-state index in [-0.39, 0.29) is 18.4 Å². The van der Waals surface area contributed by atoms with Crippen molar-refractivity contribution in [2.45, 2.75) is 33.4 Å². The summed E-state index contributed by atoms with van der Waals surface area (Å²) in [7, 11) is 1.59. The van der Waals surface area contributed by atoms with Crippen LogP contribution in [0.15, 0.2) is 30.3 Å². The van der Waals surface area contributed by atoms with Gasteiger partial charge >= 0.3 is 0 Å². The molecule has 7 nitrogen and oxygen atoms in total. The van der Waals surface area contributed by atoms with Gasteiger partial charge in [-0.15, -0.1) is 0 Å². The van der Waals surface area contributed by atoms with Crippen LogP contribution in [0.4, 0.5) is 0 Å². The number of ether oxygens (including phenoxy) is 1. The van der Waals surface area contributed by atoms with E-state index in [1.165, 1.54) is 0 Å². The van der Waals surface area contributed by atoms with Gasteiger partial charge in [0.15, 0.2) is 0 Å². The molecule has 1 aliphatic rings. The Morgan fingerprint density at radius 2 is 1.96 bits per heavy atom. The summed E-state index contributed by atoms with van der Waals surface area (Å²) in [5.74, 6) is -0.100. The predicted octanol–water partition coefficient (Wildman–Crippen LogP) is 1.69. The Balaban J connectivity index is 1.85. The van der Waals surface area contributed by atoms with Crippen molar-refractivity contribution >= 4 is 11.8 Å². The Bertz CT molecular complexity index is 846. The molecule has 2 heterocycles. The van der Waals surface area contributed by atoms with Crippen LogP contribution in [0, 0.1) is 13.8 Å². The van der Waals surface area contributed by atoms with Crippen LogP contribution in [0.25, 0.3) is 5.69 Å². The second-order valence-corrected chi connectivity index (χ2v) is 6.92. The molecule has 1 atom stereocenters. The van der Waals surface area contributed by atoms with Gasteiger partial charge in [-0.25, -0.2) is 4.68 Å². The van der Waals surface area contributed by atoms with Gasteiger partial charge in [-0.3, -0.25) is 9.59 Å². The summed E-state index contributed by atoms with van der Waals surface area (Å²) >= 11 is 0. The summed E-state index contributed by atoms with van der Waals surface area (Å²) in [5.41, 5.74) is 3.85. The molecule has 0 spiro atoms. The molecule has 1 aromatic carbocycles. The first-order chi connectivity index (χ1) is 12.9. The number of methoxy groups -OCH3 is 1. The van der Waals surface area contributed by atoms with Gasteiger partial charge in [-0.05, 0) is 38.5 Å². The quantitative estimate of drug-likeness (QED) is 0.776. The van der Waals surface area contributed by atoms with Crippen LogP contribution >= 0.6 is 0 Å². The van der Waals surface area contributed by atoms with Gasteiger partial charge in [-0.2, -0.15) is 5.10 Å². The first kappa shape index (κ1) is 19.1. The number of hydrogen-bond acceptors (Lipinski definition) is 4. The van der Waals surface area contributed by atoms with Crippen molar-refractivity contribution < 1.29 is 14.3 Å². The molecule has 27 heavy (non-hydrogen) atoms. The number of amides is 2. The molecule has 144 valence electrons. The lowest BCUT2D eigenvalue weighted by atomic mass is 10.1. The van der Waals surface area contributed by atoms with E-state index in [0.29, 0.717) is 19.7 Å². The molecular formula is C20H26N4O3. The van der Waals surface area contributed by atoms with Crippen molar-refractivity contribution in [3.05, 3.63) is 47.3 Å². The minimum Gasteiger partial charge on any atom is -0.383 e. The van der Waals surface area contributed by atoms with Crippen LogP contribution in [0.1, 0.15) is 23.9 Å². The molecule has 1 saturated heterocycles. The van der Waals surface area contributed by atoms with Crippen molar-refractivity contribution in [2.75, 3.05) is 26.8 Å². The summed E-state index contributed by atoms with van der Waals surface area (Å²) in [4.78, 5) is 28.6. The van der Waals surface area contributed by atoms with E-state index in [2.05, 4.69) is 5.10 Å². The van der Waals surface area contributed by atoms with Crippen LogP contribution in [0.5, 0.6) is 0 Å². The fourth-order valence-corrected chi connectivity index (χ4v) is 3.47. The molecule has 0 saturated carbocycles. The monoisotopic (exact) mass is 370 g/mol. The average molecular weight is 370 g/mol. The van der Waals surface area contributed by atoms with Crippen molar-refractivity contribution in [3.8, 4) is 5.69 Å². The number of rotatable bonds is 6. The summed E-state index contributed by atoms with van der Waals surface area (Å²) in [6.45, 7) is 7.06. The van der Waals surface area contributed by atoms with Gasteiger partial charge in [0.25, 0.3) is 0 Å². The van der Waals surface area contributed by atoms with Gasteiger partial charge in [0.2, 0.25) is 11.8 Å². The largest absolute Gasteiger partial charge is 0.383 e. The zero-order valence-corrected chi connectivity index (χ0v) is 16.3. The molecule has 0 aliphatic carbocycles. The molecule has 7 heteroatoms. The number of aryl methyl sites for hydroxylation is 2. The predicted molar refractivity (Wildman–Crippen MR) is 102 cm³/mol. The van der Waals surface area contributed by atoms with E-state index in [9.17, 15) is 9.59 Å². The molecule has 1 aromatic heterocycles. The van der Waals surface area contributed by atoms with Crippen LogP contribution < -0.4 is 0 Å². The molecule has 1 fully saturated rings. The lowest BCUT2D eigenvalue weighted by Gasteiger charge is -2.39. The van der Waals surface area contributed by atoms with Crippen LogP contribution in [-0.2, 0) is 20.9 Å². The Morgan fingerprint density at radius 1 is 1.22 bits per heavy atom. The third-order valence-corrected chi connectivity index (χ3v) is 4.92. The van der Waals surface area contributed by atoms with Crippen LogP contribution in [0.3, 0.4) is 0 Å². The average Bonchev–Trinajstić information content (AvgIpc) is 2.99. The lowest BCUT2D eigenvalue weighted by molar-refractivity contribution is -0.156. The zero-order valence-electron chi connectivity index (χ0n) is 16.3. The maximum atomic E-state index is 12.7. The van der Waals surface area contributed by atoms with E-state index in [4.69, 9.17) is 4.74 Å². The molecule has 2 amide bonds. The molecule has 2 aromatic rings. The minimum absolute atomic E-state index is 0.0461. The van der Waals surface area contributed by atoms with Gasteiger partial charge in [-0.1, -0.05) is 18.2 Å². The van der Waals surface area contributed by atoms with Crippen molar-refractivity contribution in [1.82, 2.24) is 19.6 Å².